The summed E-state index contributed by atoms with van der Waals surface area (Å²) in [5, 5.41) is 4.34. The van der Waals surface area contributed by atoms with Gasteiger partial charge in [-0.1, -0.05) is 19.9 Å². The first-order chi connectivity index (χ1) is 7.63. The van der Waals surface area contributed by atoms with Gasteiger partial charge in [-0.2, -0.15) is 0 Å². The SMILES string of the molecule is CNC(C)c1ccc(SCCC(C)C)nc1. The maximum atomic E-state index is 4.47. The highest BCUT2D eigenvalue weighted by Gasteiger charge is 2.03. The number of hydrogen-bond donors (Lipinski definition) is 1. The third-order valence-corrected chi connectivity index (χ3v) is 3.61. The molecule has 1 atom stereocenters. The summed E-state index contributed by atoms with van der Waals surface area (Å²) in [4.78, 5) is 4.47. The second-order valence-corrected chi connectivity index (χ2v) is 5.59. The first-order valence-corrected chi connectivity index (χ1v) is 6.88. The van der Waals surface area contributed by atoms with Crippen LogP contribution in [0.15, 0.2) is 23.4 Å². The van der Waals surface area contributed by atoms with Gasteiger partial charge < -0.3 is 5.32 Å². The van der Waals surface area contributed by atoms with Crippen LogP contribution in [-0.4, -0.2) is 17.8 Å². The summed E-state index contributed by atoms with van der Waals surface area (Å²) in [5.74, 6) is 1.93. The summed E-state index contributed by atoms with van der Waals surface area (Å²) in [7, 11) is 1.97. The van der Waals surface area contributed by atoms with Crippen molar-refractivity contribution in [1.82, 2.24) is 10.3 Å². The Morgan fingerprint density at radius 2 is 2.06 bits per heavy atom. The lowest BCUT2D eigenvalue weighted by atomic mass is 10.1. The van der Waals surface area contributed by atoms with Crippen LogP contribution < -0.4 is 5.32 Å². The minimum atomic E-state index is 0.377. The Morgan fingerprint density at radius 1 is 1.31 bits per heavy atom. The first-order valence-electron chi connectivity index (χ1n) is 5.89. The van der Waals surface area contributed by atoms with Crippen molar-refractivity contribution in [2.75, 3.05) is 12.8 Å². The lowest BCUT2D eigenvalue weighted by Gasteiger charge is -2.10. The molecule has 1 N–H and O–H groups in total. The standard InChI is InChI=1S/C13H22N2S/c1-10(2)7-8-16-13-6-5-12(9-15-13)11(3)14-4/h5-6,9-11,14H,7-8H2,1-4H3. The van der Waals surface area contributed by atoms with Crippen LogP contribution in [0.25, 0.3) is 0 Å². The molecule has 0 aliphatic heterocycles. The zero-order valence-electron chi connectivity index (χ0n) is 10.7. The Kier molecular flexibility index (Phi) is 5.85. The molecular weight excluding hydrogens is 216 g/mol. The predicted molar refractivity (Wildman–Crippen MR) is 71.9 cm³/mol. The van der Waals surface area contributed by atoms with E-state index in [9.17, 15) is 0 Å². The Bertz CT molecular complexity index is 295. The van der Waals surface area contributed by atoms with Crippen LogP contribution in [0.4, 0.5) is 0 Å². The number of rotatable bonds is 6. The van der Waals surface area contributed by atoms with E-state index in [1.54, 1.807) is 0 Å². The molecule has 0 saturated carbocycles. The number of nitrogens with one attached hydrogen (secondary N) is 1. The molecule has 1 rings (SSSR count). The maximum absolute atomic E-state index is 4.47. The lowest BCUT2D eigenvalue weighted by molar-refractivity contribution is 0.631. The van der Waals surface area contributed by atoms with Gasteiger partial charge in [0.1, 0.15) is 0 Å². The van der Waals surface area contributed by atoms with E-state index in [1.165, 1.54) is 12.0 Å². The Labute approximate surface area is 103 Å². The molecule has 2 nitrogen and oxygen atoms in total. The van der Waals surface area contributed by atoms with Crippen LogP contribution in [0, 0.1) is 5.92 Å². The van der Waals surface area contributed by atoms with Crippen molar-refractivity contribution in [2.45, 2.75) is 38.3 Å². The quantitative estimate of drug-likeness (QED) is 0.768. The molecule has 0 radical (unpaired) electrons. The van der Waals surface area contributed by atoms with Crippen molar-refractivity contribution in [3.8, 4) is 0 Å². The summed E-state index contributed by atoms with van der Waals surface area (Å²) in [6.07, 6.45) is 3.22. The number of thioether (sulfide) groups is 1. The fourth-order valence-electron chi connectivity index (χ4n) is 1.30. The maximum Gasteiger partial charge on any atom is 0.0960 e. The first kappa shape index (κ1) is 13.5. The number of aromatic nitrogens is 1. The highest BCUT2D eigenvalue weighted by Crippen LogP contribution is 2.20. The second-order valence-electron chi connectivity index (χ2n) is 4.47. The average Bonchev–Trinajstić information content (AvgIpc) is 2.28. The molecule has 0 amide bonds. The summed E-state index contributed by atoms with van der Waals surface area (Å²) in [6.45, 7) is 6.65. The third-order valence-electron chi connectivity index (χ3n) is 2.64. The molecule has 0 spiro atoms. The van der Waals surface area contributed by atoms with E-state index in [4.69, 9.17) is 0 Å². The fraction of sp³-hybridized carbons (Fsp3) is 0.615. The molecule has 0 aromatic carbocycles. The molecule has 1 aromatic heterocycles. The molecule has 0 aliphatic carbocycles. The molecule has 0 aliphatic rings. The van der Waals surface area contributed by atoms with Gasteiger partial charge in [-0.3, -0.25) is 0 Å². The monoisotopic (exact) mass is 238 g/mol. The van der Waals surface area contributed by atoms with Crippen molar-refractivity contribution in [1.29, 1.82) is 0 Å². The molecule has 0 bridgehead atoms. The van der Waals surface area contributed by atoms with Gasteiger partial charge in [-0.05, 0) is 43.7 Å². The van der Waals surface area contributed by atoms with Gasteiger partial charge in [0, 0.05) is 12.2 Å². The summed E-state index contributed by atoms with van der Waals surface area (Å²) in [5.41, 5.74) is 1.25. The Morgan fingerprint density at radius 3 is 2.56 bits per heavy atom. The normalized spacial score (nSPS) is 13.1. The Hall–Kier alpha value is -0.540. The zero-order chi connectivity index (χ0) is 12.0. The van der Waals surface area contributed by atoms with Crippen LogP contribution in [0.5, 0.6) is 0 Å². The van der Waals surface area contributed by atoms with Crippen LogP contribution in [-0.2, 0) is 0 Å². The van der Waals surface area contributed by atoms with Crippen molar-refractivity contribution < 1.29 is 0 Å². The zero-order valence-corrected chi connectivity index (χ0v) is 11.5. The summed E-state index contributed by atoms with van der Waals surface area (Å²) < 4.78 is 0. The Balaban J connectivity index is 2.45. The topological polar surface area (TPSA) is 24.9 Å². The average molecular weight is 238 g/mol. The van der Waals surface area contributed by atoms with E-state index in [0.717, 1.165) is 16.7 Å². The van der Waals surface area contributed by atoms with Crippen LogP contribution in [0.3, 0.4) is 0 Å². The number of pyridine rings is 1. The molecule has 90 valence electrons. The molecule has 0 fully saturated rings. The minimum absolute atomic E-state index is 0.377. The van der Waals surface area contributed by atoms with Crippen molar-refractivity contribution in [3.63, 3.8) is 0 Å². The predicted octanol–water partition coefficient (Wildman–Crippen LogP) is 3.50. The molecule has 1 heterocycles. The van der Waals surface area contributed by atoms with Gasteiger partial charge in [0.15, 0.2) is 0 Å². The van der Waals surface area contributed by atoms with Gasteiger partial charge in [0.2, 0.25) is 0 Å². The number of nitrogens with zero attached hydrogens (tertiary/aromatic N) is 1. The van der Waals surface area contributed by atoms with E-state index in [-0.39, 0.29) is 0 Å². The van der Waals surface area contributed by atoms with Gasteiger partial charge in [0.05, 0.1) is 5.03 Å². The van der Waals surface area contributed by atoms with Crippen LogP contribution in [0.1, 0.15) is 38.8 Å². The smallest absolute Gasteiger partial charge is 0.0960 e. The van der Waals surface area contributed by atoms with E-state index in [0.29, 0.717) is 6.04 Å². The molecular formula is C13H22N2S. The molecule has 1 unspecified atom stereocenters. The number of hydrogen-bond acceptors (Lipinski definition) is 3. The van der Waals surface area contributed by atoms with Gasteiger partial charge in [-0.15, -0.1) is 11.8 Å². The molecule has 1 aromatic rings. The van der Waals surface area contributed by atoms with E-state index in [2.05, 4.69) is 43.2 Å². The van der Waals surface area contributed by atoms with Crippen LogP contribution in [0.2, 0.25) is 0 Å². The summed E-state index contributed by atoms with van der Waals surface area (Å²) in [6, 6.07) is 4.65. The van der Waals surface area contributed by atoms with Gasteiger partial charge in [0.25, 0.3) is 0 Å². The van der Waals surface area contributed by atoms with Gasteiger partial charge in [-0.25, -0.2) is 4.98 Å². The van der Waals surface area contributed by atoms with Crippen molar-refractivity contribution in [2.24, 2.45) is 5.92 Å². The molecule has 3 heteroatoms. The second kappa shape index (κ2) is 6.92. The highest BCUT2D eigenvalue weighted by molar-refractivity contribution is 7.99. The largest absolute Gasteiger partial charge is 0.313 e. The molecule has 16 heavy (non-hydrogen) atoms. The summed E-state index contributed by atoms with van der Waals surface area (Å²) >= 11 is 1.85. The van der Waals surface area contributed by atoms with E-state index in [1.807, 2.05) is 25.0 Å². The lowest BCUT2D eigenvalue weighted by Crippen LogP contribution is -2.12. The van der Waals surface area contributed by atoms with Crippen LogP contribution >= 0.6 is 11.8 Å². The van der Waals surface area contributed by atoms with Gasteiger partial charge >= 0.3 is 0 Å². The third kappa shape index (κ3) is 4.54. The highest BCUT2D eigenvalue weighted by atomic mass is 32.2. The van der Waals surface area contributed by atoms with E-state index < -0.39 is 0 Å². The van der Waals surface area contributed by atoms with Crippen molar-refractivity contribution in [3.05, 3.63) is 23.9 Å². The minimum Gasteiger partial charge on any atom is -0.313 e. The van der Waals surface area contributed by atoms with Crippen molar-refractivity contribution >= 4 is 11.8 Å². The molecule has 0 saturated heterocycles. The van der Waals surface area contributed by atoms with E-state index >= 15 is 0 Å². The fourth-order valence-corrected chi connectivity index (χ4v) is 2.39.